The molecule has 1 atom stereocenters. The number of methoxy groups -OCH3 is 1. The minimum absolute atomic E-state index is 0.0442. The second-order valence-electron chi connectivity index (χ2n) is 7.33. The van der Waals surface area contributed by atoms with Crippen LogP contribution in [0.1, 0.15) is 20.3 Å². The van der Waals surface area contributed by atoms with E-state index in [1.165, 1.54) is 23.9 Å². The predicted octanol–water partition coefficient (Wildman–Crippen LogP) is 4.73. The number of ether oxygens (including phenoxy) is 1. The van der Waals surface area contributed by atoms with Gasteiger partial charge in [0, 0.05) is 10.6 Å². The summed E-state index contributed by atoms with van der Waals surface area (Å²) in [5.74, 6) is 1.41. The van der Waals surface area contributed by atoms with E-state index in [4.69, 9.17) is 4.74 Å². The highest BCUT2D eigenvalue weighted by atomic mass is 32.2. The summed E-state index contributed by atoms with van der Waals surface area (Å²) in [7, 11) is 1.62. The van der Waals surface area contributed by atoms with Gasteiger partial charge in [0.25, 0.3) is 0 Å². The topological polar surface area (TPSA) is 92.2 Å². The van der Waals surface area contributed by atoms with Crippen molar-refractivity contribution in [2.45, 2.75) is 36.4 Å². The first-order valence-corrected chi connectivity index (χ1v) is 10.7. The summed E-state index contributed by atoms with van der Waals surface area (Å²) in [6, 6.07) is 13.4. The minimum Gasteiger partial charge on any atom is -0.497 e. The summed E-state index contributed by atoms with van der Waals surface area (Å²) in [4.78, 5) is 14.3. The molecule has 0 aliphatic carbocycles. The molecule has 0 fully saturated rings. The molecule has 0 amide bonds. The molecule has 1 aromatic heterocycles. The molecule has 31 heavy (non-hydrogen) atoms. The Morgan fingerprint density at radius 3 is 2.45 bits per heavy atom. The van der Waals surface area contributed by atoms with E-state index < -0.39 is 0 Å². The van der Waals surface area contributed by atoms with Crippen molar-refractivity contribution in [3.05, 3.63) is 54.3 Å². The summed E-state index contributed by atoms with van der Waals surface area (Å²) in [6.07, 6.45) is 0.760. The highest BCUT2D eigenvalue weighted by Crippen LogP contribution is 2.28. The van der Waals surface area contributed by atoms with Crippen LogP contribution < -0.4 is 15.4 Å². The number of nitrogens with zero attached hydrogens (tertiary/aromatic N) is 3. The van der Waals surface area contributed by atoms with Gasteiger partial charge >= 0.3 is 0 Å². The van der Waals surface area contributed by atoms with Crippen molar-refractivity contribution in [1.82, 2.24) is 15.0 Å². The molecule has 164 valence electrons. The number of rotatable bonds is 10. The largest absolute Gasteiger partial charge is 0.497 e. The zero-order chi connectivity index (χ0) is 22.2. The lowest BCUT2D eigenvalue weighted by Gasteiger charge is -2.19. The molecule has 0 unspecified atom stereocenters. The number of benzene rings is 2. The van der Waals surface area contributed by atoms with Gasteiger partial charge in [0.1, 0.15) is 11.6 Å². The van der Waals surface area contributed by atoms with E-state index in [9.17, 15) is 9.50 Å². The Kier molecular flexibility index (Phi) is 8.02. The molecule has 7 nitrogen and oxygen atoms in total. The van der Waals surface area contributed by atoms with Crippen LogP contribution in [-0.2, 0) is 0 Å². The standard InChI is InChI=1S/C22H26FN5O2S/c1-14(2)11-17(13-29)25-21-26-20(24-16-6-4-5-15(23)12-16)27-22(28-21)31-19-9-7-18(30-3)8-10-19/h4-10,12,14,17,29H,11,13H2,1-3H3,(H2,24,25,26,27,28)/t17-/m1/s1. The van der Waals surface area contributed by atoms with E-state index in [0.717, 1.165) is 17.1 Å². The zero-order valence-electron chi connectivity index (χ0n) is 17.7. The van der Waals surface area contributed by atoms with Gasteiger partial charge in [-0.3, -0.25) is 0 Å². The number of aromatic nitrogens is 3. The summed E-state index contributed by atoms with van der Waals surface area (Å²) in [6.45, 7) is 4.12. The number of anilines is 3. The summed E-state index contributed by atoms with van der Waals surface area (Å²) in [5, 5.41) is 16.4. The number of hydrogen-bond donors (Lipinski definition) is 3. The molecule has 0 saturated carbocycles. The summed E-state index contributed by atoms with van der Waals surface area (Å²) in [5.41, 5.74) is 0.526. The SMILES string of the molecule is COc1ccc(Sc2nc(Nc3cccc(F)c3)nc(N[C@@H](CO)CC(C)C)n2)cc1. The van der Waals surface area contributed by atoms with Crippen LogP contribution in [0, 0.1) is 11.7 Å². The molecule has 3 N–H and O–H groups in total. The van der Waals surface area contributed by atoms with Gasteiger partial charge < -0.3 is 20.5 Å². The number of halogens is 1. The Labute approximate surface area is 185 Å². The van der Waals surface area contributed by atoms with Gasteiger partial charge in [-0.2, -0.15) is 15.0 Å². The van der Waals surface area contributed by atoms with E-state index in [0.29, 0.717) is 22.7 Å². The van der Waals surface area contributed by atoms with E-state index in [1.807, 2.05) is 24.3 Å². The Morgan fingerprint density at radius 2 is 1.81 bits per heavy atom. The molecule has 0 saturated heterocycles. The predicted molar refractivity (Wildman–Crippen MR) is 121 cm³/mol. The maximum absolute atomic E-state index is 13.6. The minimum atomic E-state index is -0.359. The van der Waals surface area contributed by atoms with Crippen LogP contribution >= 0.6 is 11.8 Å². The van der Waals surface area contributed by atoms with Gasteiger partial charge in [-0.05, 0) is 66.6 Å². The van der Waals surface area contributed by atoms with Crippen molar-refractivity contribution >= 4 is 29.3 Å². The van der Waals surface area contributed by atoms with Crippen LogP contribution in [0.25, 0.3) is 0 Å². The third-order valence-electron chi connectivity index (χ3n) is 4.27. The van der Waals surface area contributed by atoms with Crippen molar-refractivity contribution in [2.24, 2.45) is 5.92 Å². The Balaban J connectivity index is 1.88. The molecular formula is C22H26FN5O2S. The molecule has 0 bridgehead atoms. The number of aliphatic hydroxyl groups excluding tert-OH is 1. The van der Waals surface area contributed by atoms with Crippen LogP contribution in [0.15, 0.2) is 58.6 Å². The van der Waals surface area contributed by atoms with Crippen LogP contribution in [0.5, 0.6) is 5.75 Å². The Morgan fingerprint density at radius 1 is 1.06 bits per heavy atom. The van der Waals surface area contributed by atoms with Crippen molar-refractivity contribution in [3.63, 3.8) is 0 Å². The molecule has 3 rings (SSSR count). The highest BCUT2D eigenvalue weighted by Gasteiger charge is 2.14. The second-order valence-corrected chi connectivity index (χ2v) is 8.37. The monoisotopic (exact) mass is 443 g/mol. The molecule has 0 spiro atoms. The number of aliphatic hydroxyl groups is 1. The number of hydrogen-bond acceptors (Lipinski definition) is 8. The molecule has 2 aromatic carbocycles. The lowest BCUT2D eigenvalue weighted by atomic mass is 10.0. The quantitative estimate of drug-likeness (QED) is 0.414. The summed E-state index contributed by atoms with van der Waals surface area (Å²) < 4.78 is 18.8. The smallest absolute Gasteiger partial charge is 0.233 e. The fraction of sp³-hybridized carbons (Fsp3) is 0.318. The van der Waals surface area contributed by atoms with Gasteiger partial charge in [0.2, 0.25) is 11.9 Å². The molecule has 3 aromatic rings. The first-order valence-electron chi connectivity index (χ1n) is 9.93. The Hall–Kier alpha value is -2.91. The Bertz CT molecular complexity index is 988. The summed E-state index contributed by atoms with van der Waals surface area (Å²) >= 11 is 1.36. The van der Waals surface area contributed by atoms with Crippen LogP contribution in [0.2, 0.25) is 0 Å². The van der Waals surface area contributed by atoms with E-state index in [-0.39, 0.29) is 24.4 Å². The maximum Gasteiger partial charge on any atom is 0.233 e. The molecule has 0 aliphatic heterocycles. The van der Waals surface area contributed by atoms with Gasteiger partial charge in [-0.15, -0.1) is 0 Å². The first kappa shape index (κ1) is 22.8. The zero-order valence-corrected chi connectivity index (χ0v) is 18.5. The molecule has 9 heteroatoms. The van der Waals surface area contributed by atoms with E-state index in [2.05, 4.69) is 39.4 Å². The van der Waals surface area contributed by atoms with Gasteiger partial charge in [0.15, 0.2) is 5.16 Å². The molecular weight excluding hydrogens is 417 g/mol. The van der Waals surface area contributed by atoms with Crippen molar-refractivity contribution in [2.75, 3.05) is 24.4 Å². The average Bonchev–Trinajstić information content (AvgIpc) is 2.73. The first-order chi connectivity index (χ1) is 14.9. The van der Waals surface area contributed by atoms with Gasteiger partial charge in [-0.25, -0.2) is 4.39 Å². The van der Waals surface area contributed by atoms with Crippen molar-refractivity contribution in [1.29, 1.82) is 0 Å². The molecule has 0 radical (unpaired) electrons. The van der Waals surface area contributed by atoms with E-state index >= 15 is 0 Å². The van der Waals surface area contributed by atoms with E-state index in [1.54, 1.807) is 19.2 Å². The van der Waals surface area contributed by atoms with Crippen LogP contribution in [0.4, 0.5) is 22.0 Å². The van der Waals surface area contributed by atoms with Gasteiger partial charge in [-0.1, -0.05) is 19.9 Å². The van der Waals surface area contributed by atoms with Crippen molar-refractivity contribution in [3.8, 4) is 5.75 Å². The second kappa shape index (κ2) is 10.9. The maximum atomic E-state index is 13.6. The van der Waals surface area contributed by atoms with Crippen molar-refractivity contribution < 1.29 is 14.2 Å². The highest BCUT2D eigenvalue weighted by molar-refractivity contribution is 7.99. The molecule has 1 heterocycles. The lowest BCUT2D eigenvalue weighted by molar-refractivity contribution is 0.259. The van der Waals surface area contributed by atoms with Gasteiger partial charge in [0.05, 0.1) is 19.8 Å². The molecule has 0 aliphatic rings. The van der Waals surface area contributed by atoms with Crippen LogP contribution in [-0.4, -0.2) is 39.8 Å². The average molecular weight is 444 g/mol. The third kappa shape index (κ3) is 7.08. The fourth-order valence-corrected chi connectivity index (χ4v) is 3.65. The fourth-order valence-electron chi connectivity index (χ4n) is 2.90. The normalized spacial score (nSPS) is 11.9. The lowest BCUT2D eigenvalue weighted by Crippen LogP contribution is -2.27. The third-order valence-corrected chi connectivity index (χ3v) is 5.15. The van der Waals surface area contributed by atoms with Crippen LogP contribution in [0.3, 0.4) is 0 Å². The number of nitrogens with one attached hydrogen (secondary N) is 2.